The van der Waals surface area contributed by atoms with Gasteiger partial charge in [-0.3, -0.25) is 0 Å². The van der Waals surface area contributed by atoms with Crippen LogP contribution >= 0.6 is 12.4 Å². The zero-order chi connectivity index (χ0) is 0. The van der Waals surface area contributed by atoms with Gasteiger partial charge in [-0.15, -0.1) is 12.4 Å². The summed E-state index contributed by atoms with van der Waals surface area (Å²) in [6.45, 7) is 0. The average molecular weight is 421 g/mol. The molecule has 0 aliphatic heterocycles. The van der Waals surface area contributed by atoms with Crippen LogP contribution in [0.4, 0.5) is 0 Å². The third-order valence-corrected chi connectivity index (χ3v) is 0. The van der Waals surface area contributed by atoms with Crippen molar-refractivity contribution in [3.05, 3.63) is 0 Å². The first kappa shape index (κ1) is 202. The largest absolute Gasteiger partial charge is 4.00 e. The van der Waals surface area contributed by atoms with Gasteiger partial charge < -0.3 is 92.3 Å². The summed E-state index contributed by atoms with van der Waals surface area (Å²) in [7, 11) is 0. The van der Waals surface area contributed by atoms with E-state index in [2.05, 4.69) is 0 Å². The van der Waals surface area contributed by atoms with E-state index in [1.807, 2.05) is 0 Å². The Morgan fingerprint density at radius 1 is 0.455 bits per heavy atom. The van der Waals surface area contributed by atoms with Crippen LogP contribution in [0.2, 0.25) is 0 Å². The van der Waals surface area contributed by atoms with E-state index >= 15 is 0 Å². The predicted molar refractivity (Wildman–Crippen MR) is 16.6 cm³/mol. The quantitative estimate of drug-likeness (QED) is 0.349. The van der Waals surface area contributed by atoms with E-state index in [1.165, 1.54) is 0 Å². The smallest absolute Gasteiger partial charge is 1.00 e. The Labute approximate surface area is 146 Å². The molecule has 0 fully saturated rings. The van der Waals surface area contributed by atoms with Crippen molar-refractivity contribution < 1.29 is 119 Å². The molecule has 0 aromatic rings. The first-order valence-corrected chi connectivity index (χ1v) is 0. The van der Waals surface area contributed by atoms with Gasteiger partial charge in [0.2, 0.25) is 0 Å². The van der Waals surface area contributed by atoms with E-state index in [4.69, 9.17) is 0 Å². The van der Waals surface area contributed by atoms with Crippen LogP contribution in [0.5, 0.6) is 0 Å². The molecule has 72 valence electrons. The molecule has 0 aliphatic rings. The van der Waals surface area contributed by atoms with Gasteiger partial charge in [0, 0.05) is 0 Å². The van der Waals surface area contributed by atoms with E-state index in [1.54, 1.807) is 0 Å². The Morgan fingerprint density at radius 2 is 0.455 bits per heavy atom. The molecular weight excluding hydrogens is 418 g/mol. The normalized spacial score (nSPS) is 0. The molecule has 2 N–H and O–H groups in total. The number of halogens is 8. The second-order valence-corrected chi connectivity index (χ2v) is 0. The minimum atomic E-state index is 0. The van der Waals surface area contributed by atoms with Crippen LogP contribution in [0.15, 0.2) is 0 Å². The fourth-order valence-electron chi connectivity index (χ4n) is 0. The van der Waals surface area contributed by atoms with E-state index in [0.29, 0.717) is 0 Å². The molecule has 0 radical (unpaired) electrons. The van der Waals surface area contributed by atoms with Crippen molar-refractivity contribution in [3.63, 3.8) is 0 Å². The van der Waals surface area contributed by atoms with Crippen molar-refractivity contribution in [3.8, 4) is 0 Å². The molecule has 0 aliphatic carbocycles. The standard InChI is InChI=1S/Al.8ClH.H2O.Zr/h;8*1H;1H2;/q+3;;;;;;;;;;+4/p-7. The van der Waals surface area contributed by atoms with Gasteiger partial charge in [-0.25, -0.2) is 0 Å². The molecule has 0 atom stereocenters. The molecule has 0 saturated carbocycles. The fraction of sp³-hybridized carbons (Fsp3) is 0. The van der Waals surface area contributed by atoms with Gasteiger partial charge in [-0.2, -0.15) is 0 Å². The molecule has 0 unspecified atom stereocenters. The summed E-state index contributed by atoms with van der Waals surface area (Å²) in [6, 6.07) is 0. The summed E-state index contributed by atoms with van der Waals surface area (Å²) in [5.41, 5.74) is 0. The Kier molecular flexibility index (Phi) is 2970. The zero-order valence-corrected chi connectivity index (χ0v) is 14.4. The van der Waals surface area contributed by atoms with Crippen LogP contribution < -0.4 is 86.8 Å². The van der Waals surface area contributed by atoms with Crippen LogP contribution in [0, 0.1) is 0 Å². The molecular formula is H3AlCl8OZr. The van der Waals surface area contributed by atoms with Crippen LogP contribution in [0.1, 0.15) is 0 Å². The Bertz CT molecular complexity index is 14.1. The van der Waals surface area contributed by atoms with E-state index in [9.17, 15) is 0 Å². The van der Waals surface area contributed by atoms with Gasteiger partial charge in [0.05, 0.1) is 0 Å². The fourth-order valence-corrected chi connectivity index (χ4v) is 0. The minimum absolute atomic E-state index is 0. The van der Waals surface area contributed by atoms with Crippen LogP contribution in [-0.2, 0) is 26.2 Å². The third kappa shape index (κ3) is 137. The Balaban J connectivity index is 0. The van der Waals surface area contributed by atoms with Crippen LogP contribution in [0.3, 0.4) is 0 Å². The van der Waals surface area contributed by atoms with E-state index in [0.717, 1.165) is 0 Å². The molecule has 0 heterocycles. The van der Waals surface area contributed by atoms with Crippen LogP contribution in [0.25, 0.3) is 0 Å². The molecule has 0 aromatic carbocycles. The second kappa shape index (κ2) is 162. The Hall–Kier alpha value is 3.70. The molecule has 0 bridgehead atoms. The first-order valence-electron chi connectivity index (χ1n) is 0. The van der Waals surface area contributed by atoms with Crippen molar-refractivity contribution in [2.24, 2.45) is 0 Å². The van der Waals surface area contributed by atoms with E-state index in [-0.39, 0.29) is 148 Å². The van der Waals surface area contributed by atoms with Gasteiger partial charge in [0.15, 0.2) is 0 Å². The maximum atomic E-state index is 0. The molecule has 0 spiro atoms. The van der Waals surface area contributed by atoms with Gasteiger partial charge in [0.25, 0.3) is 0 Å². The predicted octanol–water partition coefficient (Wildman–Crippen LogP) is -21.8. The molecule has 11 heavy (non-hydrogen) atoms. The molecule has 0 saturated heterocycles. The Morgan fingerprint density at radius 3 is 0.455 bits per heavy atom. The average Bonchev–Trinajstić information content (AvgIpc) is 0. The minimum Gasteiger partial charge on any atom is -1.00 e. The number of hydrogen-bond donors (Lipinski definition) is 0. The van der Waals surface area contributed by atoms with Gasteiger partial charge >= 0.3 is 43.6 Å². The number of hydrogen-bond acceptors (Lipinski definition) is 0. The monoisotopic (exact) mass is 416 g/mol. The van der Waals surface area contributed by atoms with Crippen LogP contribution in [-0.4, -0.2) is 22.8 Å². The van der Waals surface area contributed by atoms with Crippen molar-refractivity contribution >= 4 is 29.8 Å². The maximum Gasteiger partial charge on any atom is 4.00 e. The summed E-state index contributed by atoms with van der Waals surface area (Å²) in [6.07, 6.45) is 0. The summed E-state index contributed by atoms with van der Waals surface area (Å²) in [5, 5.41) is 0. The summed E-state index contributed by atoms with van der Waals surface area (Å²) < 4.78 is 0. The van der Waals surface area contributed by atoms with Gasteiger partial charge in [-0.1, -0.05) is 0 Å². The number of rotatable bonds is 0. The molecule has 11 heteroatoms. The molecule has 0 aromatic heterocycles. The van der Waals surface area contributed by atoms with Crippen molar-refractivity contribution in [2.45, 2.75) is 0 Å². The van der Waals surface area contributed by atoms with Gasteiger partial charge in [-0.05, 0) is 0 Å². The summed E-state index contributed by atoms with van der Waals surface area (Å²) in [5.74, 6) is 0. The zero-order valence-electron chi connectivity index (χ0n) is 4.63. The van der Waals surface area contributed by atoms with Crippen molar-refractivity contribution in [2.75, 3.05) is 0 Å². The van der Waals surface area contributed by atoms with E-state index < -0.39 is 0 Å². The first-order chi connectivity index (χ1) is 0. The topological polar surface area (TPSA) is 31.5 Å². The SMILES string of the molecule is Cl.O.[Al+3].[Cl-].[Cl-].[Cl-].[Cl-].[Cl-].[Cl-].[Cl-].[Zr+4]. The molecule has 0 amide bonds. The molecule has 0 rings (SSSR count). The van der Waals surface area contributed by atoms with Crippen molar-refractivity contribution in [1.82, 2.24) is 0 Å². The summed E-state index contributed by atoms with van der Waals surface area (Å²) >= 11 is 0. The second-order valence-electron chi connectivity index (χ2n) is 0. The summed E-state index contributed by atoms with van der Waals surface area (Å²) in [4.78, 5) is 0. The van der Waals surface area contributed by atoms with Gasteiger partial charge in [0.1, 0.15) is 0 Å². The third-order valence-electron chi connectivity index (χ3n) is 0. The van der Waals surface area contributed by atoms with Crippen molar-refractivity contribution in [1.29, 1.82) is 0 Å². The maximum absolute atomic E-state index is 0. The molecule has 1 nitrogen and oxygen atoms in total.